The van der Waals surface area contributed by atoms with Gasteiger partial charge in [0.1, 0.15) is 17.9 Å². The van der Waals surface area contributed by atoms with Crippen molar-refractivity contribution in [3.8, 4) is 11.8 Å². The van der Waals surface area contributed by atoms with Gasteiger partial charge in [-0.05, 0) is 37.8 Å². The van der Waals surface area contributed by atoms with E-state index in [1.165, 1.54) is 13.0 Å². The topological polar surface area (TPSA) is 96.7 Å². The summed E-state index contributed by atoms with van der Waals surface area (Å²) >= 11 is 0.743. The second-order valence-electron chi connectivity index (χ2n) is 4.96. The van der Waals surface area contributed by atoms with Crippen molar-refractivity contribution >= 4 is 35.0 Å². The first-order valence-corrected chi connectivity index (χ1v) is 8.33. The number of esters is 1. The fourth-order valence-electron chi connectivity index (χ4n) is 2.16. The van der Waals surface area contributed by atoms with E-state index < -0.39 is 23.2 Å². The minimum atomic E-state index is -0.997. The van der Waals surface area contributed by atoms with Crippen LogP contribution >= 0.6 is 11.8 Å². The monoisotopic (exact) mass is 360 g/mol. The fourth-order valence-corrected chi connectivity index (χ4v) is 3.06. The van der Waals surface area contributed by atoms with Crippen LogP contribution < -0.4 is 4.74 Å². The van der Waals surface area contributed by atoms with Crippen LogP contribution in [0.3, 0.4) is 0 Å². The molecule has 7 nitrogen and oxygen atoms in total. The van der Waals surface area contributed by atoms with E-state index >= 15 is 0 Å². The second-order valence-corrected chi connectivity index (χ2v) is 5.96. The number of rotatable bonds is 6. The number of thioether (sulfide) groups is 1. The summed E-state index contributed by atoms with van der Waals surface area (Å²) in [6, 6.07) is 7.72. The quantitative estimate of drug-likeness (QED) is 0.568. The number of para-hydroxylation sites is 1. The molecule has 2 amide bonds. The van der Waals surface area contributed by atoms with Crippen LogP contribution in [0.1, 0.15) is 19.4 Å². The molecule has 25 heavy (non-hydrogen) atoms. The zero-order chi connectivity index (χ0) is 18.4. The predicted molar refractivity (Wildman–Crippen MR) is 91.5 cm³/mol. The van der Waals surface area contributed by atoms with Gasteiger partial charge in [0.05, 0.1) is 11.5 Å². The third kappa shape index (κ3) is 4.19. The van der Waals surface area contributed by atoms with Crippen LogP contribution in [-0.4, -0.2) is 41.3 Å². The lowest BCUT2D eigenvalue weighted by atomic mass is 10.2. The Labute approximate surface area is 149 Å². The Morgan fingerprint density at radius 1 is 1.40 bits per heavy atom. The molecule has 0 saturated carbocycles. The van der Waals surface area contributed by atoms with Crippen molar-refractivity contribution in [1.29, 1.82) is 5.26 Å². The Balaban J connectivity index is 2.26. The average molecular weight is 360 g/mol. The van der Waals surface area contributed by atoms with Gasteiger partial charge in [-0.3, -0.25) is 14.5 Å². The maximum Gasteiger partial charge on any atom is 0.329 e. The Bertz CT molecular complexity index is 769. The van der Waals surface area contributed by atoms with Gasteiger partial charge in [0.25, 0.3) is 11.1 Å². The number of hydrogen-bond acceptors (Lipinski definition) is 7. The van der Waals surface area contributed by atoms with E-state index in [1.54, 1.807) is 31.2 Å². The number of benzene rings is 1. The molecule has 0 spiro atoms. The molecule has 1 aliphatic heterocycles. The van der Waals surface area contributed by atoms with Gasteiger partial charge >= 0.3 is 5.97 Å². The van der Waals surface area contributed by atoms with E-state index in [4.69, 9.17) is 14.7 Å². The average Bonchev–Trinajstić information content (AvgIpc) is 2.87. The van der Waals surface area contributed by atoms with E-state index in [0.29, 0.717) is 11.3 Å². The molecule has 0 aromatic heterocycles. The Morgan fingerprint density at radius 2 is 2.12 bits per heavy atom. The molecule has 1 fully saturated rings. The normalized spacial score (nSPS) is 16.7. The SMILES string of the molecule is CCOC(=O)[C@H](C)N1C(=O)S/C(=C/c2ccccc2OCC#N)C1=O. The molecule has 0 radical (unpaired) electrons. The smallest absolute Gasteiger partial charge is 0.329 e. The summed E-state index contributed by atoms with van der Waals surface area (Å²) in [4.78, 5) is 37.5. The van der Waals surface area contributed by atoms with Gasteiger partial charge in [0, 0.05) is 5.56 Å². The van der Waals surface area contributed by atoms with Crippen LogP contribution in [0.4, 0.5) is 4.79 Å². The predicted octanol–water partition coefficient (Wildman–Crippen LogP) is 2.58. The lowest BCUT2D eigenvalue weighted by Gasteiger charge is -2.19. The van der Waals surface area contributed by atoms with Crippen molar-refractivity contribution in [2.75, 3.05) is 13.2 Å². The molecule has 8 heteroatoms. The van der Waals surface area contributed by atoms with Crippen molar-refractivity contribution in [3.63, 3.8) is 0 Å². The van der Waals surface area contributed by atoms with Crippen molar-refractivity contribution in [2.24, 2.45) is 0 Å². The highest BCUT2D eigenvalue weighted by atomic mass is 32.2. The van der Waals surface area contributed by atoms with Crippen LogP contribution in [0, 0.1) is 11.3 Å². The lowest BCUT2D eigenvalue weighted by Crippen LogP contribution is -2.42. The van der Waals surface area contributed by atoms with Gasteiger partial charge in [-0.2, -0.15) is 5.26 Å². The highest BCUT2D eigenvalue weighted by Gasteiger charge is 2.41. The summed E-state index contributed by atoms with van der Waals surface area (Å²) < 4.78 is 10.2. The molecule has 1 aromatic rings. The van der Waals surface area contributed by atoms with Crippen LogP contribution in [-0.2, 0) is 14.3 Å². The van der Waals surface area contributed by atoms with Crippen molar-refractivity contribution in [3.05, 3.63) is 34.7 Å². The van der Waals surface area contributed by atoms with Gasteiger partial charge in [-0.1, -0.05) is 18.2 Å². The molecule has 1 saturated heterocycles. The number of carbonyl (C=O) groups excluding carboxylic acids is 3. The molecule has 0 bridgehead atoms. The number of nitriles is 1. The standard InChI is InChI=1S/C17H16N2O5S/c1-3-23-16(21)11(2)19-15(20)14(25-17(19)22)10-12-6-4-5-7-13(12)24-9-8-18/h4-7,10-11H,3,9H2,1-2H3/b14-10+/t11-/m0/s1. The maximum atomic E-state index is 12.5. The molecule has 2 rings (SSSR count). The van der Waals surface area contributed by atoms with Crippen molar-refractivity contribution in [1.82, 2.24) is 4.90 Å². The largest absolute Gasteiger partial charge is 0.478 e. The molecule has 1 aliphatic rings. The summed E-state index contributed by atoms with van der Waals surface area (Å²) in [5.41, 5.74) is 0.562. The molecule has 130 valence electrons. The van der Waals surface area contributed by atoms with Gasteiger partial charge in [0.2, 0.25) is 0 Å². The number of ether oxygens (including phenoxy) is 2. The first kappa shape index (κ1) is 18.5. The van der Waals surface area contributed by atoms with E-state index in [2.05, 4.69) is 0 Å². The Hall–Kier alpha value is -2.79. The summed E-state index contributed by atoms with van der Waals surface area (Å²) in [5, 5.41) is 8.09. The molecule has 0 unspecified atom stereocenters. The number of carbonyl (C=O) groups is 3. The molecule has 0 N–H and O–H groups in total. The fraction of sp³-hybridized carbons (Fsp3) is 0.294. The van der Waals surface area contributed by atoms with Crippen LogP contribution in [0.5, 0.6) is 5.75 Å². The van der Waals surface area contributed by atoms with Gasteiger partial charge < -0.3 is 9.47 Å². The number of hydrogen-bond donors (Lipinski definition) is 0. The molecular formula is C17H16N2O5S. The zero-order valence-electron chi connectivity index (χ0n) is 13.7. The highest BCUT2D eigenvalue weighted by molar-refractivity contribution is 8.18. The van der Waals surface area contributed by atoms with E-state index in [0.717, 1.165) is 16.7 Å². The third-order valence-corrected chi connectivity index (χ3v) is 4.22. The second kappa shape index (κ2) is 8.35. The minimum absolute atomic E-state index is 0.133. The Kier molecular flexibility index (Phi) is 6.19. The van der Waals surface area contributed by atoms with Gasteiger partial charge in [-0.15, -0.1) is 0 Å². The third-order valence-electron chi connectivity index (χ3n) is 3.34. The maximum absolute atomic E-state index is 12.5. The molecular weight excluding hydrogens is 344 g/mol. The molecule has 1 heterocycles. The minimum Gasteiger partial charge on any atom is -0.478 e. The van der Waals surface area contributed by atoms with E-state index in [-0.39, 0.29) is 18.1 Å². The highest BCUT2D eigenvalue weighted by Crippen LogP contribution is 2.35. The summed E-state index contributed by atoms with van der Waals surface area (Å²) in [7, 11) is 0. The molecule has 1 atom stereocenters. The van der Waals surface area contributed by atoms with Crippen LogP contribution in [0.15, 0.2) is 29.2 Å². The lowest BCUT2D eigenvalue weighted by molar-refractivity contribution is -0.150. The number of nitrogens with zero attached hydrogens (tertiary/aromatic N) is 2. The number of amides is 2. The number of imide groups is 1. The Morgan fingerprint density at radius 3 is 2.80 bits per heavy atom. The first-order chi connectivity index (χ1) is 12.0. The van der Waals surface area contributed by atoms with Crippen molar-refractivity contribution < 1.29 is 23.9 Å². The summed E-state index contributed by atoms with van der Waals surface area (Å²) in [5.74, 6) is -0.774. The van der Waals surface area contributed by atoms with Crippen LogP contribution in [0.25, 0.3) is 6.08 Å². The van der Waals surface area contributed by atoms with Crippen LogP contribution in [0.2, 0.25) is 0 Å². The van der Waals surface area contributed by atoms with Crippen molar-refractivity contribution in [2.45, 2.75) is 19.9 Å². The van der Waals surface area contributed by atoms with E-state index in [1.807, 2.05) is 6.07 Å². The summed E-state index contributed by atoms with van der Waals surface area (Å²) in [6.45, 7) is 3.13. The van der Waals surface area contributed by atoms with E-state index in [9.17, 15) is 14.4 Å². The molecule has 0 aliphatic carbocycles. The zero-order valence-corrected chi connectivity index (χ0v) is 14.5. The van der Waals surface area contributed by atoms with Gasteiger partial charge in [-0.25, -0.2) is 4.79 Å². The summed E-state index contributed by atoms with van der Waals surface area (Å²) in [6.07, 6.45) is 1.51. The van der Waals surface area contributed by atoms with Gasteiger partial charge in [0.15, 0.2) is 6.61 Å². The molecule has 1 aromatic carbocycles. The first-order valence-electron chi connectivity index (χ1n) is 7.52.